The van der Waals surface area contributed by atoms with Crippen molar-refractivity contribution >= 4 is 17.5 Å². The summed E-state index contributed by atoms with van der Waals surface area (Å²) in [5, 5.41) is 0. The van der Waals surface area contributed by atoms with Crippen LogP contribution in [0.2, 0.25) is 0 Å². The number of esters is 1. The van der Waals surface area contributed by atoms with Crippen molar-refractivity contribution < 1.29 is 19.1 Å². The molecule has 5 atom stereocenters. The van der Waals surface area contributed by atoms with Gasteiger partial charge >= 0.3 is 5.97 Å². The van der Waals surface area contributed by atoms with Gasteiger partial charge in [-0.3, -0.25) is 14.4 Å². The number of carbonyl (C=O) groups is 3. The Hall–Kier alpha value is -2.23. The van der Waals surface area contributed by atoms with Gasteiger partial charge in [0.05, 0.1) is 5.92 Å². The lowest BCUT2D eigenvalue weighted by molar-refractivity contribution is -0.172. The van der Waals surface area contributed by atoms with Crippen molar-refractivity contribution in [3.63, 3.8) is 0 Å². The molecule has 0 saturated heterocycles. The van der Waals surface area contributed by atoms with Crippen LogP contribution in [0.1, 0.15) is 40.5 Å². The molecular formula is C22H26O4. The van der Waals surface area contributed by atoms with Crippen LogP contribution in [-0.2, 0) is 19.1 Å². The average Bonchev–Trinajstić information content (AvgIpc) is 2.53. The van der Waals surface area contributed by atoms with Crippen LogP contribution in [0.25, 0.3) is 0 Å². The van der Waals surface area contributed by atoms with Crippen molar-refractivity contribution in [3.8, 4) is 0 Å². The summed E-state index contributed by atoms with van der Waals surface area (Å²) in [6, 6.07) is 0. The first-order valence-electron chi connectivity index (χ1n) is 9.09. The highest BCUT2D eigenvalue weighted by Crippen LogP contribution is 2.55. The zero-order valence-corrected chi connectivity index (χ0v) is 15.9. The summed E-state index contributed by atoms with van der Waals surface area (Å²) < 4.78 is 5.63. The van der Waals surface area contributed by atoms with E-state index < -0.39 is 17.5 Å². The molecule has 0 heterocycles. The summed E-state index contributed by atoms with van der Waals surface area (Å²) in [7, 11) is 0. The molecule has 0 aromatic carbocycles. The fourth-order valence-electron chi connectivity index (χ4n) is 5.12. The van der Waals surface area contributed by atoms with E-state index in [1.165, 1.54) is 13.0 Å². The minimum Gasteiger partial charge on any atom is -0.445 e. The third kappa shape index (κ3) is 2.46. The molecule has 26 heavy (non-hydrogen) atoms. The molecule has 1 fully saturated rings. The molecular weight excluding hydrogens is 328 g/mol. The lowest BCUT2D eigenvalue weighted by Gasteiger charge is -2.53. The van der Waals surface area contributed by atoms with Crippen molar-refractivity contribution in [1.29, 1.82) is 0 Å². The summed E-state index contributed by atoms with van der Waals surface area (Å²) in [5.41, 5.74) is 1.54. The van der Waals surface area contributed by atoms with Crippen molar-refractivity contribution in [2.24, 2.45) is 23.7 Å². The van der Waals surface area contributed by atoms with Gasteiger partial charge in [-0.1, -0.05) is 30.4 Å². The van der Waals surface area contributed by atoms with E-state index in [0.717, 1.165) is 24.0 Å². The molecule has 0 aromatic rings. The Labute approximate surface area is 154 Å². The van der Waals surface area contributed by atoms with Crippen LogP contribution in [-0.4, -0.2) is 23.1 Å². The highest BCUT2D eigenvalue weighted by molar-refractivity contribution is 6.16. The van der Waals surface area contributed by atoms with E-state index >= 15 is 0 Å². The van der Waals surface area contributed by atoms with E-state index in [9.17, 15) is 14.4 Å². The fraction of sp³-hybridized carbons (Fsp3) is 0.500. The predicted molar refractivity (Wildman–Crippen MR) is 99.2 cm³/mol. The van der Waals surface area contributed by atoms with Crippen molar-refractivity contribution in [2.45, 2.75) is 46.1 Å². The van der Waals surface area contributed by atoms with Gasteiger partial charge in [-0.15, -0.1) is 0 Å². The molecule has 3 aliphatic carbocycles. The second kappa shape index (κ2) is 6.19. The van der Waals surface area contributed by atoms with Crippen LogP contribution >= 0.6 is 0 Å². The minimum absolute atomic E-state index is 0.0464. The van der Waals surface area contributed by atoms with E-state index in [4.69, 9.17) is 4.74 Å². The van der Waals surface area contributed by atoms with E-state index in [-0.39, 0.29) is 29.3 Å². The number of hydrogen-bond acceptors (Lipinski definition) is 4. The lowest BCUT2D eigenvalue weighted by Crippen LogP contribution is -2.62. The molecule has 0 aliphatic heterocycles. The van der Waals surface area contributed by atoms with Gasteiger partial charge in [0.25, 0.3) is 0 Å². The highest BCUT2D eigenvalue weighted by atomic mass is 16.6. The van der Waals surface area contributed by atoms with Gasteiger partial charge in [0, 0.05) is 12.8 Å². The molecule has 0 radical (unpaired) electrons. The van der Waals surface area contributed by atoms with Gasteiger partial charge in [0.1, 0.15) is 0 Å². The maximum Gasteiger partial charge on any atom is 0.303 e. The number of Topliss-reactive ketones (excluding diaryl/α,β-unsaturated/α-hetero) is 1. The Morgan fingerprint density at radius 2 is 1.92 bits per heavy atom. The van der Waals surface area contributed by atoms with Gasteiger partial charge < -0.3 is 4.74 Å². The lowest BCUT2D eigenvalue weighted by atomic mass is 9.52. The number of allylic oxidation sites excluding steroid dienone is 4. The van der Waals surface area contributed by atoms with Gasteiger partial charge in [-0.2, -0.15) is 0 Å². The zero-order chi connectivity index (χ0) is 19.4. The number of rotatable bonds is 2. The van der Waals surface area contributed by atoms with Crippen LogP contribution in [0.5, 0.6) is 0 Å². The molecule has 1 saturated carbocycles. The summed E-state index contributed by atoms with van der Waals surface area (Å²) in [6.45, 7) is 15.1. The summed E-state index contributed by atoms with van der Waals surface area (Å²) in [4.78, 5) is 38.2. The van der Waals surface area contributed by atoms with Crippen molar-refractivity contribution in [1.82, 2.24) is 0 Å². The quantitative estimate of drug-likeness (QED) is 0.560. The smallest absolute Gasteiger partial charge is 0.303 e. The minimum atomic E-state index is -1.54. The number of carbonyl (C=O) groups excluding carboxylic acids is 3. The molecule has 0 spiro atoms. The first kappa shape index (κ1) is 18.6. The normalized spacial score (nSPS) is 36.5. The molecule has 4 nitrogen and oxygen atoms in total. The topological polar surface area (TPSA) is 60.4 Å². The average molecular weight is 354 g/mol. The van der Waals surface area contributed by atoms with E-state index in [0.29, 0.717) is 11.1 Å². The second-order valence-electron chi connectivity index (χ2n) is 7.97. The number of hydrogen-bond donors (Lipinski definition) is 0. The molecule has 3 aliphatic rings. The monoisotopic (exact) mass is 354 g/mol. The standard InChI is InChI=1S/C22H26O4/c1-11(2)16-8-7-12(3)19-17(16)10-14(5)22(26-15(6)23)18(24)9-13(4)21(25)20(19)22/h9-10,16-17,19-20H,1,3,7-8H2,2,4-6H3/t16-,17-,19-,20-,22-/m0/s1. The maximum atomic E-state index is 13.2. The molecule has 0 amide bonds. The predicted octanol–water partition coefficient (Wildman–Crippen LogP) is 3.74. The first-order chi connectivity index (χ1) is 12.1. The molecule has 3 rings (SSSR count). The van der Waals surface area contributed by atoms with Crippen LogP contribution < -0.4 is 0 Å². The second-order valence-corrected chi connectivity index (χ2v) is 7.97. The Balaban J connectivity index is 2.27. The molecule has 4 heteroatoms. The summed E-state index contributed by atoms with van der Waals surface area (Å²) >= 11 is 0. The number of fused-ring (bicyclic) bond motifs is 3. The van der Waals surface area contributed by atoms with Gasteiger partial charge in [0.2, 0.25) is 11.4 Å². The highest BCUT2D eigenvalue weighted by Gasteiger charge is 2.62. The van der Waals surface area contributed by atoms with Gasteiger partial charge in [-0.05, 0) is 62.7 Å². The van der Waals surface area contributed by atoms with Crippen LogP contribution in [0.3, 0.4) is 0 Å². The Kier molecular flexibility index (Phi) is 4.41. The van der Waals surface area contributed by atoms with Crippen LogP contribution in [0, 0.1) is 23.7 Å². The third-order valence-electron chi connectivity index (χ3n) is 6.27. The summed E-state index contributed by atoms with van der Waals surface area (Å²) in [5.74, 6) is -1.71. The maximum absolute atomic E-state index is 13.2. The molecule has 138 valence electrons. The fourth-order valence-corrected chi connectivity index (χ4v) is 5.12. The zero-order valence-electron chi connectivity index (χ0n) is 15.9. The molecule has 0 aromatic heterocycles. The largest absolute Gasteiger partial charge is 0.445 e. The van der Waals surface area contributed by atoms with Crippen molar-refractivity contribution in [3.05, 3.63) is 47.6 Å². The van der Waals surface area contributed by atoms with E-state index in [2.05, 4.69) is 13.2 Å². The first-order valence-corrected chi connectivity index (χ1v) is 9.09. The SMILES string of the molecule is C=C1CC[C@@H](C(=C)C)[C@@H]2C=C(C)[C@]3(OC(C)=O)C(=O)C=C(C)C(=O)[C@@H]3[C@@H]12. The molecule has 0 unspecified atom stereocenters. The number of ether oxygens (including phenoxy) is 1. The molecule has 0 N–H and O–H groups in total. The Bertz CT molecular complexity index is 797. The Morgan fingerprint density at radius 3 is 2.50 bits per heavy atom. The van der Waals surface area contributed by atoms with Crippen molar-refractivity contribution in [2.75, 3.05) is 0 Å². The van der Waals surface area contributed by atoms with E-state index in [1.807, 2.05) is 13.0 Å². The van der Waals surface area contributed by atoms with Crippen LogP contribution in [0.4, 0.5) is 0 Å². The van der Waals surface area contributed by atoms with Crippen LogP contribution in [0.15, 0.2) is 47.6 Å². The number of ketones is 2. The Morgan fingerprint density at radius 1 is 1.27 bits per heavy atom. The third-order valence-corrected chi connectivity index (χ3v) is 6.27. The van der Waals surface area contributed by atoms with E-state index in [1.54, 1.807) is 13.8 Å². The molecule has 0 bridgehead atoms. The van der Waals surface area contributed by atoms with Gasteiger partial charge in [-0.25, -0.2) is 0 Å². The summed E-state index contributed by atoms with van der Waals surface area (Å²) in [6.07, 6.45) is 5.06. The van der Waals surface area contributed by atoms with Gasteiger partial charge in [0.15, 0.2) is 5.78 Å².